The predicted molar refractivity (Wildman–Crippen MR) is 89.4 cm³/mol. The van der Waals surface area contributed by atoms with E-state index in [1.54, 1.807) is 6.07 Å². The third kappa shape index (κ3) is 5.53. The van der Waals surface area contributed by atoms with Gasteiger partial charge >= 0.3 is 6.36 Å². The van der Waals surface area contributed by atoms with Crippen LogP contribution in [-0.2, 0) is 6.54 Å². The van der Waals surface area contributed by atoms with Gasteiger partial charge in [0.25, 0.3) is 0 Å². The van der Waals surface area contributed by atoms with Gasteiger partial charge in [-0.25, -0.2) is 0 Å². The average Bonchev–Trinajstić information content (AvgIpc) is 3.01. The summed E-state index contributed by atoms with van der Waals surface area (Å²) in [5, 5.41) is 3.58. The number of alkyl halides is 3. The topological polar surface area (TPSA) is 24.5 Å². The van der Waals surface area contributed by atoms with Crippen LogP contribution in [0.2, 0.25) is 0 Å². The molecule has 2 saturated heterocycles. The summed E-state index contributed by atoms with van der Waals surface area (Å²) in [5.41, 5.74) is 0.865. The molecular weight excluding hydrogens is 341 g/mol. The van der Waals surface area contributed by atoms with E-state index in [0.29, 0.717) is 12.6 Å². The summed E-state index contributed by atoms with van der Waals surface area (Å²) in [6, 6.07) is 6.97. The molecule has 1 aromatic rings. The molecule has 1 unspecified atom stereocenters. The maximum absolute atomic E-state index is 12.3. The Labute approximate surface area is 147 Å². The number of halogens is 4. The fourth-order valence-corrected chi connectivity index (χ4v) is 3.73. The lowest BCUT2D eigenvalue weighted by atomic mass is 9.88. The van der Waals surface area contributed by atoms with Crippen molar-refractivity contribution in [3.63, 3.8) is 0 Å². The summed E-state index contributed by atoms with van der Waals surface area (Å²) >= 11 is 0. The first-order chi connectivity index (χ1) is 11.0. The van der Waals surface area contributed by atoms with E-state index in [1.165, 1.54) is 25.0 Å². The first-order valence-electron chi connectivity index (χ1n) is 8.30. The number of benzene rings is 1. The Morgan fingerprint density at radius 2 is 1.92 bits per heavy atom. The molecule has 1 N–H and O–H groups in total. The molecule has 1 atom stereocenters. The summed E-state index contributed by atoms with van der Waals surface area (Å²) in [4.78, 5) is 2.32. The highest BCUT2D eigenvalue weighted by atomic mass is 35.5. The Kier molecular flexibility index (Phi) is 6.78. The van der Waals surface area contributed by atoms with E-state index in [4.69, 9.17) is 0 Å². The Morgan fingerprint density at radius 1 is 1.17 bits per heavy atom. The Bertz CT molecular complexity index is 513. The maximum atomic E-state index is 12.3. The molecule has 7 heteroatoms. The van der Waals surface area contributed by atoms with Crippen LogP contribution in [0.5, 0.6) is 5.75 Å². The van der Waals surface area contributed by atoms with Crippen LogP contribution in [0.15, 0.2) is 24.3 Å². The molecule has 1 aromatic carbocycles. The van der Waals surface area contributed by atoms with Crippen molar-refractivity contribution in [2.24, 2.45) is 5.92 Å². The third-order valence-corrected chi connectivity index (χ3v) is 4.84. The van der Waals surface area contributed by atoms with Crippen molar-refractivity contribution in [1.29, 1.82) is 0 Å². The molecule has 0 amide bonds. The van der Waals surface area contributed by atoms with E-state index in [0.717, 1.165) is 44.0 Å². The van der Waals surface area contributed by atoms with E-state index in [1.807, 2.05) is 6.07 Å². The fraction of sp³-hybridized carbons (Fsp3) is 0.647. The first kappa shape index (κ1) is 19.3. The summed E-state index contributed by atoms with van der Waals surface area (Å²) < 4.78 is 40.8. The van der Waals surface area contributed by atoms with Crippen LogP contribution < -0.4 is 10.1 Å². The lowest BCUT2D eigenvalue weighted by Crippen LogP contribution is -2.40. The van der Waals surface area contributed by atoms with Crippen molar-refractivity contribution < 1.29 is 17.9 Å². The number of nitrogens with zero attached hydrogens (tertiary/aromatic N) is 1. The highest BCUT2D eigenvalue weighted by Gasteiger charge is 2.31. The van der Waals surface area contributed by atoms with Gasteiger partial charge in [0.05, 0.1) is 0 Å². The number of nitrogens with one attached hydrogen (secondary N) is 1. The van der Waals surface area contributed by atoms with Crippen LogP contribution in [-0.4, -0.2) is 36.9 Å². The summed E-state index contributed by atoms with van der Waals surface area (Å²) in [7, 11) is 0. The van der Waals surface area contributed by atoms with E-state index in [9.17, 15) is 13.2 Å². The number of likely N-dealkylation sites (tertiary alicyclic amines) is 1. The van der Waals surface area contributed by atoms with Crippen LogP contribution >= 0.6 is 12.4 Å². The van der Waals surface area contributed by atoms with Gasteiger partial charge in [-0.2, -0.15) is 0 Å². The number of ether oxygens (including phenoxy) is 1. The second-order valence-corrected chi connectivity index (χ2v) is 6.51. The molecule has 3 nitrogen and oxygen atoms in total. The van der Waals surface area contributed by atoms with Gasteiger partial charge in [-0.05, 0) is 68.9 Å². The zero-order valence-corrected chi connectivity index (χ0v) is 14.3. The standard InChI is InChI=1S/C17H23F3N2O.ClH/c18-17(19,20)23-15-4-1-3-13(11-15)12-22-9-6-14(7-10-22)16-5-2-8-21-16;/h1,3-4,11,14,16,21H,2,5-10,12H2;1H. The smallest absolute Gasteiger partial charge is 0.406 e. The number of hydrogen-bond donors (Lipinski definition) is 1. The van der Waals surface area contributed by atoms with Crippen LogP contribution in [0.4, 0.5) is 13.2 Å². The van der Waals surface area contributed by atoms with Crippen LogP contribution in [0.1, 0.15) is 31.2 Å². The molecule has 24 heavy (non-hydrogen) atoms. The molecule has 0 bridgehead atoms. The Balaban J connectivity index is 0.00000208. The number of hydrogen-bond acceptors (Lipinski definition) is 3. The molecule has 2 aliphatic rings. The minimum atomic E-state index is -4.63. The quantitative estimate of drug-likeness (QED) is 0.874. The normalized spacial score (nSPS) is 23.0. The molecule has 2 heterocycles. The van der Waals surface area contributed by atoms with E-state index in [-0.39, 0.29) is 18.2 Å². The van der Waals surface area contributed by atoms with Crippen molar-refractivity contribution in [2.75, 3.05) is 19.6 Å². The Morgan fingerprint density at radius 3 is 2.54 bits per heavy atom. The second kappa shape index (κ2) is 8.41. The van der Waals surface area contributed by atoms with Gasteiger partial charge in [-0.3, -0.25) is 4.90 Å². The molecule has 0 radical (unpaired) electrons. The van der Waals surface area contributed by atoms with Crippen molar-refractivity contribution in [3.8, 4) is 5.75 Å². The van der Waals surface area contributed by atoms with Crippen LogP contribution in [0.3, 0.4) is 0 Å². The molecule has 0 spiro atoms. The molecule has 0 saturated carbocycles. The van der Waals surface area contributed by atoms with Gasteiger partial charge in [-0.15, -0.1) is 25.6 Å². The van der Waals surface area contributed by atoms with E-state index < -0.39 is 6.36 Å². The van der Waals surface area contributed by atoms with Gasteiger partial charge < -0.3 is 10.1 Å². The zero-order chi connectivity index (χ0) is 16.3. The maximum Gasteiger partial charge on any atom is 0.573 e. The minimum Gasteiger partial charge on any atom is -0.406 e. The lowest BCUT2D eigenvalue weighted by molar-refractivity contribution is -0.274. The second-order valence-electron chi connectivity index (χ2n) is 6.51. The molecule has 2 aliphatic heterocycles. The van der Waals surface area contributed by atoms with E-state index >= 15 is 0 Å². The lowest BCUT2D eigenvalue weighted by Gasteiger charge is -2.35. The summed E-state index contributed by atoms with van der Waals surface area (Å²) in [6.07, 6.45) is 0.246. The molecular formula is C17H24ClF3N2O. The van der Waals surface area contributed by atoms with Crippen LogP contribution in [0.25, 0.3) is 0 Å². The van der Waals surface area contributed by atoms with E-state index in [2.05, 4.69) is 15.0 Å². The van der Waals surface area contributed by atoms with Gasteiger partial charge in [0, 0.05) is 12.6 Å². The highest BCUT2D eigenvalue weighted by Crippen LogP contribution is 2.27. The average molecular weight is 365 g/mol. The first-order valence-corrected chi connectivity index (χ1v) is 8.30. The zero-order valence-electron chi connectivity index (χ0n) is 13.5. The predicted octanol–water partition coefficient (Wildman–Crippen LogP) is 3.97. The highest BCUT2D eigenvalue weighted by molar-refractivity contribution is 5.85. The fourth-order valence-electron chi connectivity index (χ4n) is 3.73. The van der Waals surface area contributed by atoms with Crippen molar-refractivity contribution in [1.82, 2.24) is 10.2 Å². The minimum absolute atomic E-state index is 0. The summed E-state index contributed by atoms with van der Waals surface area (Å²) in [5.74, 6) is 0.605. The molecule has 136 valence electrons. The SMILES string of the molecule is Cl.FC(F)(F)Oc1cccc(CN2CCC(C3CCCN3)CC2)c1. The van der Waals surface area contributed by atoms with Gasteiger partial charge in [0.15, 0.2) is 0 Å². The monoisotopic (exact) mass is 364 g/mol. The van der Waals surface area contributed by atoms with Crippen molar-refractivity contribution >= 4 is 12.4 Å². The third-order valence-electron chi connectivity index (χ3n) is 4.84. The molecule has 0 aromatic heterocycles. The van der Waals surface area contributed by atoms with Crippen molar-refractivity contribution in [2.45, 2.75) is 44.6 Å². The van der Waals surface area contributed by atoms with Crippen LogP contribution in [0, 0.1) is 5.92 Å². The number of rotatable bonds is 4. The Hall–Kier alpha value is -0.980. The van der Waals surface area contributed by atoms with Gasteiger partial charge in [0.1, 0.15) is 5.75 Å². The molecule has 2 fully saturated rings. The molecule has 3 rings (SSSR count). The van der Waals surface area contributed by atoms with Gasteiger partial charge in [0.2, 0.25) is 0 Å². The molecule has 0 aliphatic carbocycles. The number of piperidine rings is 1. The largest absolute Gasteiger partial charge is 0.573 e. The van der Waals surface area contributed by atoms with Gasteiger partial charge in [-0.1, -0.05) is 12.1 Å². The van der Waals surface area contributed by atoms with Crippen molar-refractivity contribution in [3.05, 3.63) is 29.8 Å². The summed E-state index contributed by atoms with van der Waals surface area (Å²) in [6.45, 7) is 3.83.